The average Bonchev–Trinajstić information content (AvgIpc) is 1.81. The molecule has 4 heteroatoms. The van der Waals surface area contributed by atoms with Crippen molar-refractivity contribution in [3.63, 3.8) is 0 Å². The Labute approximate surface area is 59.5 Å². The monoisotopic (exact) mass is 293 g/mol. The quantitative estimate of drug-likeness (QED) is 0.493. The Bertz CT molecular complexity index is 10.1. The number of hydrogen-bond acceptors (Lipinski definition) is 3. The molecule has 0 aromatic carbocycles. The molecule has 53 valence electrons. The first kappa shape index (κ1) is 25.5. The third kappa shape index (κ3) is 367. The van der Waals surface area contributed by atoms with Gasteiger partial charge in [0.1, 0.15) is 0 Å². The second-order valence-corrected chi connectivity index (χ2v) is 0. The molecule has 3 N–H and O–H groups in total. The zero-order valence-corrected chi connectivity index (χ0v) is 6.81. The van der Waals surface area contributed by atoms with Gasteiger partial charge in [0.2, 0.25) is 0 Å². The second kappa shape index (κ2) is 544. The van der Waals surface area contributed by atoms with Crippen LogP contribution in [-0.2, 0) is 22.4 Å². The van der Waals surface area contributed by atoms with Crippen LogP contribution in [0.5, 0.6) is 0 Å². The summed E-state index contributed by atoms with van der Waals surface area (Å²) in [5.74, 6) is 0. The van der Waals surface area contributed by atoms with E-state index in [9.17, 15) is 0 Å². The first-order valence-electron chi connectivity index (χ1n) is 1.34. The molecule has 0 aliphatic rings. The Kier molecular flexibility index (Phi) is 1980. The van der Waals surface area contributed by atoms with Crippen LogP contribution in [0.25, 0.3) is 0 Å². The fourth-order valence-corrected chi connectivity index (χ4v) is 0. The summed E-state index contributed by atoms with van der Waals surface area (Å²) in [6, 6.07) is 0. The molecule has 0 spiro atoms. The van der Waals surface area contributed by atoms with Crippen molar-refractivity contribution in [2.75, 3.05) is 21.3 Å². The molecule has 0 rings (SSSR count). The van der Waals surface area contributed by atoms with Crippen molar-refractivity contribution in [1.82, 2.24) is 0 Å². The van der Waals surface area contributed by atoms with Gasteiger partial charge in [0, 0.05) is 43.7 Å². The van der Waals surface area contributed by atoms with E-state index in [1.165, 1.54) is 0 Å². The average molecular weight is 293 g/mol. The summed E-state index contributed by atoms with van der Waals surface area (Å²) >= 11 is 0. The minimum absolute atomic E-state index is 0. The molecule has 0 aromatic rings. The smallest absolute Gasteiger partial charge is 0.0319 e. The minimum atomic E-state index is 0. The van der Waals surface area contributed by atoms with Crippen LogP contribution >= 0.6 is 0 Å². The summed E-state index contributed by atoms with van der Waals surface area (Å²) in [7, 11) is 3.00. The van der Waals surface area contributed by atoms with Gasteiger partial charge in [-0.1, -0.05) is 0 Å². The van der Waals surface area contributed by atoms with Gasteiger partial charge in [-0.3, -0.25) is 0 Å². The van der Waals surface area contributed by atoms with E-state index in [1.54, 1.807) is 0 Å². The Morgan fingerprint density at radius 2 is 0.571 bits per heavy atom. The van der Waals surface area contributed by atoms with Crippen molar-refractivity contribution in [1.29, 1.82) is 0 Å². The fraction of sp³-hybridized carbons (Fsp3) is 1.00. The van der Waals surface area contributed by atoms with E-state index in [0.29, 0.717) is 0 Å². The fourth-order valence-electron chi connectivity index (χ4n) is 0. The summed E-state index contributed by atoms with van der Waals surface area (Å²) in [4.78, 5) is 0. The van der Waals surface area contributed by atoms with E-state index in [0.717, 1.165) is 21.3 Å². The molecular weight excluding hydrogens is 281 g/mol. The van der Waals surface area contributed by atoms with Gasteiger partial charge in [0.15, 0.2) is 0 Å². The number of aliphatic hydroxyl groups excluding tert-OH is 3. The molecule has 1 radical (unpaired) electrons. The molecule has 0 heterocycles. The van der Waals surface area contributed by atoms with Gasteiger partial charge in [-0.2, -0.15) is 0 Å². The van der Waals surface area contributed by atoms with Gasteiger partial charge in [0.25, 0.3) is 0 Å². The van der Waals surface area contributed by atoms with Crippen LogP contribution in [0, 0.1) is 0 Å². The van der Waals surface area contributed by atoms with Crippen molar-refractivity contribution in [2.24, 2.45) is 0 Å². The van der Waals surface area contributed by atoms with E-state index in [-0.39, 0.29) is 22.4 Å². The van der Waals surface area contributed by atoms with Gasteiger partial charge in [-0.15, -0.1) is 0 Å². The van der Waals surface area contributed by atoms with E-state index < -0.39 is 0 Å². The van der Waals surface area contributed by atoms with E-state index in [2.05, 4.69) is 0 Å². The van der Waals surface area contributed by atoms with Gasteiger partial charge in [0.05, 0.1) is 0 Å². The molecule has 3 nitrogen and oxygen atoms in total. The Morgan fingerprint density at radius 3 is 0.571 bits per heavy atom. The first-order chi connectivity index (χ1) is 3.00. The molecule has 0 atom stereocenters. The summed E-state index contributed by atoms with van der Waals surface area (Å²) in [5, 5.41) is 21.0. The predicted octanol–water partition coefficient (Wildman–Crippen LogP) is -1.18. The standard InChI is InChI=1S/3CH4O.Au/c3*1-2;/h3*2H,1H3;. The maximum absolute atomic E-state index is 7.00. The number of hydrogen-bond donors (Lipinski definition) is 3. The van der Waals surface area contributed by atoms with Crippen LogP contribution < -0.4 is 0 Å². The minimum Gasteiger partial charge on any atom is -0.400 e. The zero-order valence-electron chi connectivity index (χ0n) is 4.64. The largest absolute Gasteiger partial charge is 0.400 e. The van der Waals surface area contributed by atoms with Crippen LogP contribution in [0.2, 0.25) is 0 Å². The van der Waals surface area contributed by atoms with Crippen LogP contribution in [0.15, 0.2) is 0 Å². The third-order valence-electron chi connectivity index (χ3n) is 0. The van der Waals surface area contributed by atoms with Gasteiger partial charge in [-0.05, 0) is 0 Å². The molecule has 0 amide bonds. The van der Waals surface area contributed by atoms with Crippen molar-refractivity contribution in [3.05, 3.63) is 0 Å². The molecular formula is C3H12AuO3. The molecule has 7 heavy (non-hydrogen) atoms. The molecule has 0 bridgehead atoms. The predicted molar refractivity (Wildman–Crippen MR) is 24.4 cm³/mol. The van der Waals surface area contributed by atoms with E-state index >= 15 is 0 Å². The van der Waals surface area contributed by atoms with Crippen molar-refractivity contribution < 1.29 is 37.7 Å². The number of aliphatic hydroxyl groups is 3. The molecule has 0 saturated heterocycles. The number of rotatable bonds is 0. The molecule has 0 saturated carbocycles. The molecule has 0 aliphatic heterocycles. The Morgan fingerprint density at radius 1 is 0.571 bits per heavy atom. The normalized spacial score (nSPS) is 2.57. The molecule has 0 unspecified atom stereocenters. The second-order valence-electron chi connectivity index (χ2n) is 0. The summed E-state index contributed by atoms with van der Waals surface area (Å²) in [6.45, 7) is 0. The summed E-state index contributed by atoms with van der Waals surface area (Å²) in [5.41, 5.74) is 0. The summed E-state index contributed by atoms with van der Waals surface area (Å²) < 4.78 is 0. The SMILES string of the molecule is CO.CO.CO.[Au]. The summed E-state index contributed by atoms with van der Waals surface area (Å²) in [6.07, 6.45) is 0. The van der Waals surface area contributed by atoms with Crippen LogP contribution in [0.4, 0.5) is 0 Å². The van der Waals surface area contributed by atoms with Crippen molar-refractivity contribution in [3.8, 4) is 0 Å². The van der Waals surface area contributed by atoms with Crippen molar-refractivity contribution >= 4 is 0 Å². The zero-order chi connectivity index (χ0) is 6.00. The Hall–Kier alpha value is 0.620. The third-order valence-corrected chi connectivity index (χ3v) is 0. The van der Waals surface area contributed by atoms with E-state index in [1.807, 2.05) is 0 Å². The first-order valence-corrected chi connectivity index (χ1v) is 1.34. The van der Waals surface area contributed by atoms with Crippen LogP contribution in [0.1, 0.15) is 0 Å². The van der Waals surface area contributed by atoms with Gasteiger partial charge < -0.3 is 15.3 Å². The topological polar surface area (TPSA) is 60.7 Å². The van der Waals surface area contributed by atoms with Gasteiger partial charge in [-0.25, -0.2) is 0 Å². The Balaban J connectivity index is -0.00000000900. The van der Waals surface area contributed by atoms with Crippen LogP contribution in [0.3, 0.4) is 0 Å². The van der Waals surface area contributed by atoms with Crippen molar-refractivity contribution in [2.45, 2.75) is 0 Å². The maximum Gasteiger partial charge on any atom is 0.0319 e. The van der Waals surface area contributed by atoms with Crippen LogP contribution in [-0.4, -0.2) is 36.6 Å². The van der Waals surface area contributed by atoms with E-state index in [4.69, 9.17) is 15.3 Å². The molecule has 0 aliphatic carbocycles. The van der Waals surface area contributed by atoms with Gasteiger partial charge >= 0.3 is 0 Å². The molecule has 0 aromatic heterocycles. The molecule has 0 fully saturated rings. The maximum atomic E-state index is 7.00.